The summed E-state index contributed by atoms with van der Waals surface area (Å²) in [7, 11) is 0. The van der Waals surface area contributed by atoms with E-state index in [1.165, 1.54) is 10.9 Å². The second-order valence-electron chi connectivity index (χ2n) is 6.56. The van der Waals surface area contributed by atoms with Crippen molar-refractivity contribution < 1.29 is 4.52 Å². The summed E-state index contributed by atoms with van der Waals surface area (Å²) in [6.07, 6.45) is 3.14. The number of nitrogens with one attached hydrogen (secondary N) is 1. The number of aryl methyl sites for hydroxylation is 1. The molecular formula is C16H16N6O2. The fourth-order valence-electron chi connectivity index (χ4n) is 3.75. The van der Waals surface area contributed by atoms with Gasteiger partial charge >= 0.3 is 0 Å². The van der Waals surface area contributed by atoms with Crippen LogP contribution >= 0.6 is 0 Å². The molecule has 2 fully saturated rings. The van der Waals surface area contributed by atoms with Crippen LogP contribution < -0.4 is 10.9 Å². The van der Waals surface area contributed by atoms with Crippen molar-refractivity contribution in [1.82, 2.24) is 30.0 Å². The van der Waals surface area contributed by atoms with Crippen LogP contribution in [0.2, 0.25) is 0 Å². The van der Waals surface area contributed by atoms with E-state index in [0.717, 1.165) is 24.5 Å². The van der Waals surface area contributed by atoms with E-state index in [-0.39, 0.29) is 12.1 Å². The number of aromatic nitrogens is 5. The Labute approximate surface area is 136 Å². The van der Waals surface area contributed by atoms with Crippen molar-refractivity contribution in [2.75, 3.05) is 13.1 Å². The lowest BCUT2D eigenvalue weighted by Gasteiger charge is -2.04. The van der Waals surface area contributed by atoms with Gasteiger partial charge in [0.1, 0.15) is 12.9 Å². The largest absolute Gasteiger partial charge is 0.337 e. The van der Waals surface area contributed by atoms with Gasteiger partial charge in [-0.1, -0.05) is 5.16 Å². The lowest BCUT2D eigenvalue weighted by molar-refractivity contribution is 0.363. The molecule has 3 aromatic rings. The van der Waals surface area contributed by atoms with Crippen molar-refractivity contribution in [2.45, 2.75) is 19.4 Å². The molecule has 1 saturated heterocycles. The van der Waals surface area contributed by atoms with Crippen LogP contribution in [0.4, 0.5) is 0 Å². The molecule has 8 nitrogen and oxygen atoms in total. The fourth-order valence-corrected chi connectivity index (χ4v) is 3.75. The van der Waals surface area contributed by atoms with E-state index in [2.05, 4.69) is 25.4 Å². The van der Waals surface area contributed by atoms with Crippen LogP contribution in [0.3, 0.4) is 0 Å². The zero-order valence-electron chi connectivity index (χ0n) is 13.1. The van der Waals surface area contributed by atoms with Gasteiger partial charge in [0.05, 0.1) is 5.39 Å². The molecule has 122 valence electrons. The zero-order valence-corrected chi connectivity index (χ0v) is 13.1. The smallest absolute Gasteiger partial charge is 0.263 e. The highest BCUT2D eigenvalue weighted by atomic mass is 16.5. The fraction of sp³-hybridized carbons (Fsp3) is 0.438. The summed E-state index contributed by atoms with van der Waals surface area (Å²) in [6, 6.07) is 1.81. The van der Waals surface area contributed by atoms with Gasteiger partial charge in [0.15, 0.2) is 11.5 Å². The van der Waals surface area contributed by atoms with Gasteiger partial charge < -0.3 is 9.84 Å². The maximum Gasteiger partial charge on any atom is 0.263 e. The van der Waals surface area contributed by atoms with Gasteiger partial charge in [-0.3, -0.25) is 9.36 Å². The second-order valence-corrected chi connectivity index (χ2v) is 6.56. The average Bonchev–Trinajstić information content (AvgIpc) is 2.95. The number of rotatable bonds is 3. The zero-order chi connectivity index (χ0) is 16.3. The average molecular weight is 324 g/mol. The molecule has 4 heterocycles. The van der Waals surface area contributed by atoms with Crippen molar-refractivity contribution >= 4 is 11.0 Å². The first-order valence-corrected chi connectivity index (χ1v) is 8.06. The Balaban J connectivity index is 1.45. The number of piperidine rings is 1. The van der Waals surface area contributed by atoms with Crippen molar-refractivity contribution in [1.29, 1.82) is 0 Å². The van der Waals surface area contributed by atoms with Crippen LogP contribution in [-0.4, -0.2) is 37.8 Å². The number of fused-ring (bicyclic) bond motifs is 2. The summed E-state index contributed by atoms with van der Waals surface area (Å²) < 4.78 is 6.84. The molecule has 1 aliphatic heterocycles. The maximum absolute atomic E-state index is 12.7. The Bertz CT molecular complexity index is 984. The minimum absolute atomic E-state index is 0.141. The molecule has 3 atom stereocenters. The van der Waals surface area contributed by atoms with Gasteiger partial charge in [0.25, 0.3) is 5.56 Å². The molecule has 0 aromatic carbocycles. The van der Waals surface area contributed by atoms with Crippen LogP contribution in [0.5, 0.6) is 0 Å². The van der Waals surface area contributed by atoms with E-state index < -0.39 is 0 Å². The summed E-state index contributed by atoms with van der Waals surface area (Å²) in [4.78, 5) is 25.5. The van der Waals surface area contributed by atoms with Crippen LogP contribution in [0, 0.1) is 18.8 Å². The first-order valence-electron chi connectivity index (χ1n) is 8.06. The predicted octanol–water partition coefficient (Wildman–Crippen LogP) is 0.464. The van der Waals surface area contributed by atoms with Crippen LogP contribution in [0.25, 0.3) is 11.0 Å². The molecule has 24 heavy (non-hydrogen) atoms. The monoisotopic (exact) mass is 324 g/mol. The standard InChI is InChI=1S/C16H16N6O2/c1-8-2-3-18-14-12(8)16(23)22(7-19-14)6-11-20-15(21-24-11)13-9-4-17-5-10(9)13/h2-3,7,9-10,13,17H,4-6H2,1H3/t9-,10+,13?. The van der Waals surface area contributed by atoms with Crippen LogP contribution in [0.1, 0.15) is 23.2 Å². The van der Waals surface area contributed by atoms with Gasteiger partial charge in [-0.15, -0.1) is 0 Å². The maximum atomic E-state index is 12.7. The minimum atomic E-state index is -0.141. The van der Waals surface area contributed by atoms with E-state index in [9.17, 15) is 4.79 Å². The van der Waals surface area contributed by atoms with Crippen LogP contribution in [0.15, 0.2) is 27.9 Å². The molecule has 1 unspecified atom stereocenters. The van der Waals surface area contributed by atoms with Gasteiger partial charge in [-0.2, -0.15) is 4.98 Å². The molecule has 1 saturated carbocycles. The first-order chi connectivity index (χ1) is 11.7. The Morgan fingerprint density at radius 2 is 2.17 bits per heavy atom. The van der Waals surface area contributed by atoms with Crippen LogP contribution in [-0.2, 0) is 6.54 Å². The molecule has 0 amide bonds. The quantitative estimate of drug-likeness (QED) is 0.747. The lowest BCUT2D eigenvalue weighted by Crippen LogP contribution is -2.22. The Hall–Kier alpha value is -2.61. The van der Waals surface area contributed by atoms with E-state index in [0.29, 0.717) is 34.7 Å². The van der Waals surface area contributed by atoms with Crippen molar-refractivity contribution in [3.63, 3.8) is 0 Å². The molecule has 3 aromatic heterocycles. The van der Waals surface area contributed by atoms with Gasteiger partial charge in [-0.25, -0.2) is 9.97 Å². The molecule has 0 spiro atoms. The third-order valence-electron chi connectivity index (χ3n) is 5.11. The van der Waals surface area contributed by atoms with E-state index in [1.807, 2.05) is 6.92 Å². The topological polar surface area (TPSA) is 98.7 Å². The molecule has 8 heteroatoms. The predicted molar refractivity (Wildman–Crippen MR) is 84.5 cm³/mol. The van der Waals surface area contributed by atoms with E-state index in [4.69, 9.17) is 4.52 Å². The minimum Gasteiger partial charge on any atom is -0.337 e. The summed E-state index contributed by atoms with van der Waals surface area (Å²) in [5.74, 6) is 2.87. The van der Waals surface area contributed by atoms with Gasteiger partial charge in [-0.05, 0) is 43.5 Å². The SMILES string of the molecule is Cc1ccnc2ncn(Cc3nc(C4[C@H]5CNC[C@@H]45)no3)c(=O)c12. The molecular weight excluding hydrogens is 308 g/mol. The highest BCUT2D eigenvalue weighted by molar-refractivity contribution is 5.76. The molecule has 2 aliphatic rings. The lowest BCUT2D eigenvalue weighted by atomic mass is 10.2. The summed E-state index contributed by atoms with van der Waals surface area (Å²) >= 11 is 0. The Morgan fingerprint density at radius 3 is 3.00 bits per heavy atom. The highest BCUT2D eigenvalue weighted by Gasteiger charge is 2.55. The van der Waals surface area contributed by atoms with E-state index in [1.54, 1.807) is 12.3 Å². The summed E-state index contributed by atoms with van der Waals surface area (Å²) in [5.41, 5.74) is 1.18. The molecule has 1 N–H and O–H groups in total. The second kappa shape index (κ2) is 4.94. The third kappa shape index (κ3) is 1.99. The first kappa shape index (κ1) is 13.8. The molecule has 5 rings (SSSR count). The molecule has 0 bridgehead atoms. The third-order valence-corrected chi connectivity index (χ3v) is 5.11. The van der Waals surface area contributed by atoms with Crippen molar-refractivity contribution in [2.24, 2.45) is 11.8 Å². The normalized spacial score (nSPS) is 25.1. The Morgan fingerprint density at radius 1 is 1.33 bits per heavy atom. The molecule has 0 radical (unpaired) electrons. The van der Waals surface area contributed by atoms with E-state index >= 15 is 0 Å². The molecule has 1 aliphatic carbocycles. The number of nitrogens with zero attached hydrogens (tertiary/aromatic N) is 5. The number of pyridine rings is 1. The van der Waals surface area contributed by atoms with Gasteiger partial charge in [0.2, 0.25) is 5.89 Å². The summed E-state index contributed by atoms with van der Waals surface area (Å²) in [5, 5.41) is 7.99. The summed E-state index contributed by atoms with van der Waals surface area (Å²) in [6.45, 7) is 4.16. The highest BCUT2D eigenvalue weighted by Crippen LogP contribution is 2.54. The van der Waals surface area contributed by atoms with Gasteiger partial charge in [0, 0.05) is 12.1 Å². The Kier molecular flexibility index (Phi) is 2.84. The number of hydrogen-bond acceptors (Lipinski definition) is 7. The van der Waals surface area contributed by atoms with Crippen molar-refractivity contribution in [3.05, 3.63) is 46.2 Å². The number of hydrogen-bond donors (Lipinski definition) is 1. The van der Waals surface area contributed by atoms with Crippen molar-refractivity contribution in [3.8, 4) is 0 Å².